The van der Waals surface area contributed by atoms with Crippen molar-refractivity contribution in [1.29, 1.82) is 0 Å². The van der Waals surface area contributed by atoms with Gasteiger partial charge in [0.2, 0.25) is 0 Å². The predicted molar refractivity (Wildman–Crippen MR) is 114 cm³/mol. The maximum Gasteiger partial charge on any atom is 1.00 e. The molecule has 0 atom stereocenters. The first kappa shape index (κ1) is 23.0. The van der Waals surface area contributed by atoms with Crippen LogP contribution in [0.3, 0.4) is 0 Å². The molecule has 0 amide bonds. The van der Waals surface area contributed by atoms with E-state index in [2.05, 4.69) is 4.98 Å². The van der Waals surface area contributed by atoms with E-state index in [4.69, 9.17) is 23.2 Å². The molecule has 0 unspecified atom stereocenters. The van der Waals surface area contributed by atoms with Crippen LogP contribution in [0.1, 0.15) is 59.9 Å². The summed E-state index contributed by atoms with van der Waals surface area (Å²) in [4.78, 5) is 16.7. The summed E-state index contributed by atoms with van der Waals surface area (Å²) in [6, 6.07) is 12.8. The average molecular weight is 435 g/mol. The number of carbonyl (C=O) groups excluding carboxylic acids is 1. The maximum absolute atomic E-state index is 12.1. The number of hydrogen-bond donors (Lipinski definition) is 0. The summed E-state index contributed by atoms with van der Waals surface area (Å²) in [7, 11) is 0. The Labute approximate surface area is 198 Å². The summed E-state index contributed by atoms with van der Waals surface area (Å²) in [5.41, 5.74) is 2.92. The Morgan fingerprint density at radius 2 is 1.77 bits per heavy atom. The van der Waals surface area contributed by atoms with Gasteiger partial charge in [0.1, 0.15) is 11.5 Å². The van der Waals surface area contributed by atoms with E-state index in [1.54, 1.807) is 18.2 Å². The SMILES string of the molecule is Cc1ccc(Cl)cc1-n1c(C2CCCCC2)nc(C(=O)[O-])c1-c1cccc(Cl)c1.[Li+]. The molecule has 150 valence electrons. The molecule has 1 aliphatic rings. The molecule has 2 aromatic carbocycles. The molecule has 1 aliphatic carbocycles. The van der Waals surface area contributed by atoms with Gasteiger partial charge in [0.05, 0.1) is 17.4 Å². The zero-order valence-electron chi connectivity index (χ0n) is 17.1. The van der Waals surface area contributed by atoms with Crippen molar-refractivity contribution in [2.24, 2.45) is 0 Å². The van der Waals surface area contributed by atoms with E-state index in [9.17, 15) is 9.90 Å². The van der Waals surface area contributed by atoms with Crippen LogP contribution in [0.15, 0.2) is 42.5 Å². The number of nitrogens with zero attached hydrogens (tertiary/aromatic N) is 2. The topological polar surface area (TPSA) is 58.0 Å². The van der Waals surface area contributed by atoms with E-state index >= 15 is 0 Å². The van der Waals surface area contributed by atoms with Crippen molar-refractivity contribution < 1.29 is 28.8 Å². The summed E-state index contributed by atoms with van der Waals surface area (Å²) in [5.74, 6) is -0.354. The van der Waals surface area contributed by atoms with E-state index in [0.29, 0.717) is 21.3 Å². The molecule has 0 radical (unpaired) electrons. The van der Waals surface area contributed by atoms with Gasteiger partial charge in [-0.15, -0.1) is 0 Å². The normalized spacial score (nSPS) is 14.4. The van der Waals surface area contributed by atoms with Crippen LogP contribution in [0.2, 0.25) is 10.0 Å². The number of aromatic nitrogens is 2. The minimum absolute atomic E-state index is 0. The molecule has 0 bridgehead atoms. The Kier molecular flexibility index (Phi) is 7.37. The van der Waals surface area contributed by atoms with Gasteiger partial charge >= 0.3 is 18.9 Å². The zero-order chi connectivity index (χ0) is 20.5. The van der Waals surface area contributed by atoms with Crippen molar-refractivity contribution in [1.82, 2.24) is 9.55 Å². The Balaban J connectivity index is 0.00000256. The number of benzene rings is 2. The molecule has 0 N–H and O–H groups in total. The first-order chi connectivity index (χ1) is 14.0. The monoisotopic (exact) mass is 434 g/mol. The Morgan fingerprint density at radius 1 is 1.07 bits per heavy atom. The number of halogens is 2. The summed E-state index contributed by atoms with van der Waals surface area (Å²) >= 11 is 12.5. The molecule has 30 heavy (non-hydrogen) atoms. The predicted octanol–water partition coefficient (Wildman–Crippen LogP) is 2.57. The summed E-state index contributed by atoms with van der Waals surface area (Å²) < 4.78 is 1.95. The van der Waals surface area contributed by atoms with Crippen molar-refractivity contribution in [3.05, 3.63) is 69.6 Å². The van der Waals surface area contributed by atoms with Gasteiger partial charge in [-0.2, -0.15) is 0 Å². The van der Waals surface area contributed by atoms with E-state index in [0.717, 1.165) is 42.8 Å². The first-order valence-electron chi connectivity index (χ1n) is 9.82. The van der Waals surface area contributed by atoms with Crippen molar-refractivity contribution in [2.45, 2.75) is 44.9 Å². The largest absolute Gasteiger partial charge is 1.00 e. The maximum atomic E-state index is 12.1. The number of aryl methyl sites for hydroxylation is 1. The molecule has 1 saturated carbocycles. The van der Waals surface area contributed by atoms with Gasteiger partial charge in [0.25, 0.3) is 0 Å². The van der Waals surface area contributed by atoms with E-state index in [-0.39, 0.29) is 30.5 Å². The Hall–Kier alpha value is -1.70. The minimum atomic E-state index is -1.30. The molecule has 3 aromatic rings. The number of carboxylic acid groups (broad SMARTS) is 1. The number of carboxylic acids is 1. The fourth-order valence-electron chi connectivity index (χ4n) is 4.18. The van der Waals surface area contributed by atoms with Crippen molar-refractivity contribution in [3.63, 3.8) is 0 Å². The fraction of sp³-hybridized carbons (Fsp3) is 0.304. The van der Waals surface area contributed by atoms with Crippen molar-refractivity contribution in [2.75, 3.05) is 0 Å². The van der Waals surface area contributed by atoms with Gasteiger partial charge in [-0.1, -0.05) is 60.7 Å². The third kappa shape index (κ3) is 4.48. The average Bonchev–Trinajstić information content (AvgIpc) is 3.11. The van der Waals surface area contributed by atoms with Gasteiger partial charge in [-0.05, 0) is 49.6 Å². The first-order valence-corrected chi connectivity index (χ1v) is 10.6. The summed E-state index contributed by atoms with van der Waals surface area (Å²) in [6.45, 7) is 1.98. The third-order valence-corrected chi connectivity index (χ3v) is 6.05. The van der Waals surface area contributed by atoms with Crippen LogP contribution >= 0.6 is 23.2 Å². The van der Waals surface area contributed by atoms with E-state index in [1.165, 1.54) is 6.42 Å². The number of hydrogen-bond acceptors (Lipinski definition) is 3. The molecule has 4 nitrogen and oxygen atoms in total. The zero-order valence-corrected chi connectivity index (χ0v) is 18.6. The van der Waals surface area contributed by atoms with Crippen LogP contribution in [-0.4, -0.2) is 15.5 Å². The third-order valence-electron chi connectivity index (χ3n) is 5.58. The van der Waals surface area contributed by atoms with Gasteiger partial charge in [0, 0.05) is 21.5 Å². The fourth-order valence-corrected chi connectivity index (χ4v) is 4.54. The Morgan fingerprint density at radius 3 is 2.43 bits per heavy atom. The number of imidazole rings is 1. The number of aromatic carboxylic acids is 1. The van der Waals surface area contributed by atoms with Crippen molar-refractivity contribution >= 4 is 29.2 Å². The van der Waals surface area contributed by atoms with Crippen LogP contribution in [0.25, 0.3) is 16.9 Å². The van der Waals surface area contributed by atoms with Crippen LogP contribution < -0.4 is 24.0 Å². The molecule has 1 heterocycles. The molecule has 4 rings (SSSR count). The van der Waals surface area contributed by atoms with Gasteiger partial charge in [-0.3, -0.25) is 4.57 Å². The second kappa shape index (κ2) is 9.62. The standard InChI is InChI=1S/C23H22Cl2N2O2.Li/c1-14-10-11-18(25)13-19(14)27-21(16-8-5-9-17(24)12-16)20(23(28)29)26-22(27)15-6-3-2-4-7-15;/h5,8-13,15H,2-4,6-7H2,1H3,(H,28,29);/q;+1/p-1. The van der Waals surface area contributed by atoms with Crippen LogP contribution in [0, 0.1) is 6.92 Å². The van der Waals surface area contributed by atoms with Gasteiger partial charge in [-0.25, -0.2) is 4.98 Å². The molecule has 1 fully saturated rings. The second-order valence-corrected chi connectivity index (χ2v) is 8.44. The van der Waals surface area contributed by atoms with E-state index < -0.39 is 5.97 Å². The molecule has 1 aromatic heterocycles. The summed E-state index contributed by atoms with van der Waals surface area (Å²) in [5, 5.41) is 13.2. The smallest absolute Gasteiger partial charge is 0.543 e. The minimum Gasteiger partial charge on any atom is -0.543 e. The number of rotatable bonds is 4. The quantitative estimate of drug-likeness (QED) is 0.592. The molecule has 7 heteroatoms. The second-order valence-electron chi connectivity index (χ2n) is 7.57. The Bertz CT molecular complexity index is 1080. The van der Waals surface area contributed by atoms with Crippen molar-refractivity contribution in [3.8, 4) is 16.9 Å². The molecular weight excluding hydrogens is 414 g/mol. The molecule has 0 spiro atoms. The van der Waals surface area contributed by atoms with Crippen LogP contribution in [0.4, 0.5) is 0 Å². The summed E-state index contributed by atoms with van der Waals surface area (Å²) in [6.07, 6.45) is 5.39. The molecule has 0 saturated heterocycles. The molecule has 0 aliphatic heterocycles. The molecular formula is C23H21Cl2LiN2O2. The van der Waals surface area contributed by atoms with E-state index in [1.807, 2.05) is 35.8 Å². The van der Waals surface area contributed by atoms with Crippen LogP contribution in [-0.2, 0) is 0 Å². The van der Waals surface area contributed by atoms with Gasteiger partial charge < -0.3 is 9.90 Å². The van der Waals surface area contributed by atoms with Gasteiger partial charge in [0.15, 0.2) is 0 Å². The number of carbonyl (C=O) groups is 1. The van der Waals surface area contributed by atoms with Crippen LogP contribution in [0.5, 0.6) is 0 Å².